The predicted octanol–water partition coefficient (Wildman–Crippen LogP) is 12.0. The minimum Gasteiger partial charge on any atom is -0.310 e. The molecule has 2 heterocycles. The van der Waals surface area contributed by atoms with Crippen molar-refractivity contribution in [3.05, 3.63) is 194 Å². The lowest BCUT2D eigenvalue weighted by Gasteiger charge is -2.28. The van der Waals surface area contributed by atoms with Crippen LogP contribution >= 0.6 is 0 Å². The largest absolute Gasteiger partial charge is 0.310 e. The van der Waals surface area contributed by atoms with Crippen LogP contribution in [0.3, 0.4) is 0 Å². The molecule has 236 valence electrons. The van der Waals surface area contributed by atoms with Gasteiger partial charge in [-0.15, -0.1) is 0 Å². The molecule has 0 aliphatic carbocycles. The molecule has 0 unspecified atom stereocenters. The molecule has 0 atom stereocenters. The number of hydrogen-bond donors (Lipinski definition) is 0. The molecule has 0 aliphatic heterocycles. The molecule has 0 bridgehead atoms. The Morgan fingerprint density at radius 3 is 1.56 bits per heavy atom. The molecule has 0 N–H and O–H groups in total. The van der Waals surface area contributed by atoms with Crippen molar-refractivity contribution >= 4 is 38.9 Å². The third-order valence-corrected chi connectivity index (χ3v) is 9.18. The maximum atomic E-state index is 5.34. The summed E-state index contributed by atoms with van der Waals surface area (Å²) in [6.45, 7) is 0. The van der Waals surface area contributed by atoms with Gasteiger partial charge < -0.3 is 9.47 Å². The van der Waals surface area contributed by atoms with Gasteiger partial charge in [0, 0.05) is 44.5 Å². The van der Waals surface area contributed by atoms with Crippen molar-refractivity contribution in [3.63, 3.8) is 0 Å². The third kappa shape index (κ3) is 5.29. The first-order valence-corrected chi connectivity index (χ1v) is 16.8. The summed E-state index contributed by atoms with van der Waals surface area (Å²) in [7, 11) is 0. The van der Waals surface area contributed by atoms with Crippen LogP contribution in [0.5, 0.6) is 0 Å². The summed E-state index contributed by atoms with van der Waals surface area (Å²) in [5.41, 5.74) is 11.3. The quantitative estimate of drug-likeness (QED) is 0.174. The van der Waals surface area contributed by atoms with Gasteiger partial charge >= 0.3 is 0 Å². The standard InChI is InChI=1S/C46H32N4/c1-6-18-33(19-7-1)41-31-42(48-46(47-41)34-20-8-2-9-21-34)40-30-39-38-28-16-17-29-43(38)50(37-26-14-5-15-27-37)44(39)32-45(40)49(35-22-10-3-11-23-35)36-24-12-4-13-25-36/h1-32H. The molecule has 0 fully saturated rings. The molecule has 0 aliphatic rings. The van der Waals surface area contributed by atoms with E-state index in [9.17, 15) is 0 Å². The van der Waals surface area contributed by atoms with Crippen molar-refractivity contribution in [2.45, 2.75) is 0 Å². The zero-order valence-electron chi connectivity index (χ0n) is 27.3. The fourth-order valence-electron chi connectivity index (χ4n) is 6.89. The number of fused-ring (bicyclic) bond motifs is 3. The van der Waals surface area contributed by atoms with Gasteiger partial charge in [0.15, 0.2) is 5.82 Å². The normalized spacial score (nSPS) is 11.2. The number of nitrogens with zero attached hydrogens (tertiary/aromatic N) is 4. The van der Waals surface area contributed by atoms with Gasteiger partial charge in [-0.3, -0.25) is 0 Å². The summed E-state index contributed by atoms with van der Waals surface area (Å²) in [6.07, 6.45) is 0. The average Bonchev–Trinajstić information content (AvgIpc) is 3.52. The van der Waals surface area contributed by atoms with Crippen LogP contribution in [0.15, 0.2) is 194 Å². The lowest BCUT2D eigenvalue weighted by molar-refractivity contribution is 1.17. The molecule has 7 aromatic carbocycles. The molecule has 4 heteroatoms. The molecule has 0 radical (unpaired) electrons. The van der Waals surface area contributed by atoms with Gasteiger partial charge in [-0.2, -0.15) is 0 Å². The van der Waals surface area contributed by atoms with Gasteiger partial charge in [-0.05, 0) is 60.7 Å². The zero-order valence-corrected chi connectivity index (χ0v) is 27.3. The average molecular weight is 641 g/mol. The Labute approximate surface area is 291 Å². The van der Waals surface area contributed by atoms with Crippen LogP contribution in [0.4, 0.5) is 17.1 Å². The molecule has 2 aromatic heterocycles. The van der Waals surface area contributed by atoms with Gasteiger partial charge in [-0.1, -0.05) is 133 Å². The van der Waals surface area contributed by atoms with Crippen LogP contribution in [-0.2, 0) is 0 Å². The van der Waals surface area contributed by atoms with Crippen molar-refractivity contribution in [1.29, 1.82) is 0 Å². The molecular weight excluding hydrogens is 609 g/mol. The van der Waals surface area contributed by atoms with Crippen molar-refractivity contribution in [1.82, 2.24) is 14.5 Å². The highest BCUT2D eigenvalue weighted by atomic mass is 15.1. The van der Waals surface area contributed by atoms with E-state index < -0.39 is 0 Å². The van der Waals surface area contributed by atoms with Gasteiger partial charge in [0.1, 0.15) is 0 Å². The zero-order chi connectivity index (χ0) is 33.3. The Morgan fingerprint density at radius 1 is 0.400 bits per heavy atom. The number of rotatable bonds is 7. The SMILES string of the molecule is c1ccc(-c2cc(-c3cc4c5ccccc5n(-c5ccccc5)c4cc3N(c3ccccc3)c3ccccc3)nc(-c3ccccc3)n2)cc1. The molecule has 0 saturated carbocycles. The number of anilines is 3. The highest BCUT2D eigenvalue weighted by Gasteiger charge is 2.23. The van der Waals surface area contributed by atoms with Gasteiger partial charge in [0.25, 0.3) is 0 Å². The first-order valence-electron chi connectivity index (χ1n) is 16.8. The van der Waals surface area contributed by atoms with Gasteiger partial charge in [-0.25, -0.2) is 9.97 Å². The van der Waals surface area contributed by atoms with Crippen molar-refractivity contribution in [2.24, 2.45) is 0 Å². The van der Waals surface area contributed by atoms with Gasteiger partial charge in [0.2, 0.25) is 0 Å². The van der Waals surface area contributed by atoms with E-state index in [-0.39, 0.29) is 0 Å². The Kier molecular flexibility index (Phi) is 7.45. The third-order valence-electron chi connectivity index (χ3n) is 9.18. The van der Waals surface area contributed by atoms with E-state index in [1.165, 1.54) is 5.39 Å². The number of benzene rings is 7. The first kappa shape index (κ1) is 29.4. The summed E-state index contributed by atoms with van der Waals surface area (Å²) >= 11 is 0. The van der Waals surface area contributed by atoms with Crippen LogP contribution in [-0.4, -0.2) is 14.5 Å². The fraction of sp³-hybridized carbons (Fsp3) is 0. The Morgan fingerprint density at radius 2 is 0.920 bits per heavy atom. The summed E-state index contributed by atoms with van der Waals surface area (Å²) in [5.74, 6) is 0.686. The van der Waals surface area contributed by atoms with E-state index in [4.69, 9.17) is 9.97 Å². The molecule has 50 heavy (non-hydrogen) atoms. The molecule has 9 rings (SSSR count). The minimum atomic E-state index is 0.686. The second kappa shape index (κ2) is 12.7. The molecule has 9 aromatic rings. The number of hydrogen-bond acceptors (Lipinski definition) is 3. The van der Waals surface area contributed by atoms with E-state index in [1.54, 1.807) is 0 Å². The highest BCUT2D eigenvalue weighted by Crippen LogP contribution is 2.45. The van der Waals surface area contributed by atoms with Crippen molar-refractivity contribution in [2.75, 3.05) is 4.90 Å². The molecule has 0 saturated heterocycles. The van der Waals surface area contributed by atoms with Crippen LogP contribution < -0.4 is 4.90 Å². The lowest BCUT2D eigenvalue weighted by atomic mass is 10.0. The highest BCUT2D eigenvalue weighted by molar-refractivity contribution is 6.13. The molecule has 0 amide bonds. The molecular formula is C46H32N4. The summed E-state index contributed by atoms with van der Waals surface area (Å²) in [5, 5.41) is 2.34. The number of para-hydroxylation sites is 4. The Balaban J connectivity index is 1.41. The van der Waals surface area contributed by atoms with Crippen LogP contribution in [0, 0.1) is 0 Å². The Hall–Kier alpha value is -6.78. The lowest BCUT2D eigenvalue weighted by Crippen LogP contribution is -2.12. The van der Waals surface area contributed by atoms with Crippen LogP contribution in [0.25, 0.3) is 61.4 Å². The predicted molar refractivity (Wildman–Crippen MR) is 207 cm³/mol. The first-order chi connectivity index (χ1) is 24.8. The summed E-state index contributed by atoms with van der Waals surface area (Å²) in [6, 6.07) is 67.9. The van der Waals surface area contributed by atoms with Gasteiger partial charge in [0.05, 0.1) is 28.1 Å². The van der Waals surface area contributed by atoms with Crippen LogP contribution in [0.1, 0.15) is 0 Å². The minimum absolute atomic E-state index is 0.686. The molecule has 0 spiro atoms. The second-order valence-electron chi connectivity index (χ2n) is 12.3. The van der Waals surface area contributed by atoms with E-state index in [1.807, 2.05) is 24.3 Å². The topological polar surface area (TPSA) is 34.0 Å². The van der Waals surface area contributed by atoms with E-state index in [0.29, 0.717) is 5.82 Å². The summed E-state index contributed by atoms with van der Waals surface area (Å²) in [4.78, 5) is 12.8. The second-order valence-corrected chi connectivity index (χ2v) is 12.3. The van der Waals surface area contributed by atoms with Crippen LogP contribution in [0.2, 0.25) is 0 Å². The summed E-state index contributed by atoms with van der Waals surface area (Å²) < 4.78 is 2.37. The smallest absolute Gasteiger partial charge is 0.160 e. The van der Waals surface area contributed by atoms with Crippen molar-refractivity contribution < 1.29 is 0 Å². The maximum absolute atomic E-state index is 5.34. The van der Waals surface area contributed by atoms with E-state index in [0.717, 1.165) is 67.2 Å². The number of aromatic nitrogens is 3. The maximum Gasteiger partial charge on any atom is 0.160 e. The molecule has 4 nitrogen and oxygen atoms in total. The van der Waals surface area contributed by atoms with Crippen molar-refractivity contribution in [3.8, 4) is 39.6 Å². The van der Waals surface area contributed by atoms with E-state index in [2.05, 4.69) is 179 Å². The Bertz CT molecular complexity index is 2470. The monoisotopic (exact) mass is 640 g/mol. The fourth-order valence-corrected chi connectivity index (χ4v) is 6.89. The van der Waals surface area contributed by atoms with E-state index >= 15 is 0 Å².